The van der Waals surface area contributed by atoms with E-state index in [4.69, 9.17) is 5.26 Å². The summed E-state index contributed by atoms with van der Waals surface area (Å²) in [5, 5.41) is 8.64. The lowest BCUT2D eigenvalue weighted by Gasteiger charge is -2.18. The minimum absolute atomic E-state index is 0.0292. The highest BCUT2D eigenvalue weighted by atomic mass is 32.2. The second-order valence-electron chi connectivity index (χ2n) is 3.28. The normalized spacial score (nSPS) is 13.4. The van der Waals surface area contributed by atoms with E-state index in [0.717, 1.165) is 16.4 Å². The van der Waals surface area contributed by atoms with Crippen LogP contribution in [0.2, 0.25) is 0 Å². The van der Waals surface area contributed by atoms with Crippen molar-refractivity contribution < 1.29 is 12.8 Å². The Morgan fingerprint density at radius 2 is 1.88 bits per heavy atom. The first-order valence-electron chi connectivity index (χ1n) is 4.53. The van der Waals surface area contributed by atoms with Crippen LogP contribution in [0.15, 0.2) is 29.2 Å². The van der Waals surface area contributed by atoms with Gasteiger partial charge in [0.15, 0.2) is 0 Å². The van der Waals surface area contributed by atoms with Crippen LogP contribution < -0.4 is 0 Å². The fourth-order valence-corrected chi connectivity index (χ4v) is 2.34. The lowest BCUT2D eigenvalue weighted by molar-refractivity contribution is 0.442. The van der Waals surface area contributed by atoms with Gasteiger partial charge in [-0.2, -0.15) is 9.57 Å². The molecule has 0 radical (unpaired) electrons. The molecule has 0 aliphatic rings. The molecular weight excluding hydrogens is 231 g/mol. The zero-order chi connectivity index (χ0) is 12.3. The maximum absolute atomic E-state index is 12.6. The van der Waals surface area contributed by atoms with E-state index in [1.165, 1.54) is 26.1 Å². The highest BCUT2D eigenvalue weighted by Crippen LogP contribution is 2.16. The summed E-state index contributed by atoms with van der Waals surface area (Å²) in [5.41, 5.74) is 0. The lowest BCUT2D eigenvalue weighted by Crippen LogP contribution is -2.34. The van der Waals surface area contributed by atoms with E-state index < -0.39 is 21.9 Å². The highest BCUT2D eigenvalue weighted by molar-refractivity contribution is 7.89. The van der Waals surface area contributed by atoms with Gasteiger partial charge in [-0.15, -0.1) is 0 Å². The van der Waals surface area contributed by atoms with E-state index >= 15 is 0 Å². The van der Waals surface area contributed by atoms with E-state index in [0.29, 0.717) is 0 Å². The molecule has 1 atom stereocenters. The van der Waals surface area contributed by atoms with Gasteiger partial charge in [0, 0.05) is 7.05 Å². The second-order valence-corrected chi connectivity index (χ2v) is 5.28. The molecule has 0 aliphatic heterocycles. The van der Waals surface area contributed by atoms with Gasteiger partial charge in [-0.3, -0.25) is 0 Å². The Bertz CT molecular complexity index is 505. The van der Waals surface area contributed by atoms with E-state index in [1.54, 1.807) is 0 Å². The molecule has 0 heterocycles. The van der Waals surface area contributed by atoms with Crippen LogP contribution in [0.3, 0.4) is 0 Å². The molecule has 0 aliphatic carbocycles. The fraction of sp³-hybridized carbons (Fsp3) is 0.300. The summed E-state index contributed by atoms with van der Waals surface area (Å²) >= 11 is 0. The summed E-state index contributed by atoms with van der Waals surface area (Å²) in [6, 6.07) is 5.53. The molecular formula is C10H11FN2O2S. The molecule has 6 heteroatoms. The predicted octanol–water partition coefficient (Wildman–Crippen LogP) is 1.36. The van der Waals surface area contributed by atoms with Crippen LogP contribution in [0.1, 0.15) is 6.92 Å². The Morgan fingerprint density at radius 3 is 2.31 bits per heavy atom. The van der Waals surface area contributed by atoms with Crippen molar-refractivity contribution in [2.45, 2.75) is 17.9 Å². The van der Waals surface area contributed by atoms with Crippen LogP contribution in [0.5, 0.6) is 0 Å². The Balaban J connectivity index is 3.13. The van der Waals surface area contributed by atoms with Crippen LogP contribution in [-0.2, 0) is 10.0 Å². The molecule has 4 nitrogen and oxygen atoms in total. The van der Waals surface area contributed by atoms with Crippen LogP contribution >= 0.6 is 0 Å². The minimum atomic E-state index is -3.72. The molecule has 0 saturated heterocycles. The quantitative estimate of drug-likeness (QED) is 0.804. The average molecular weight is 242 g/mol. The third kappa shape index (κ3) is 2.38. The van der Waals surface area contributed by atoms with Gasteiger partial charge in [0.2, 0.25) is 10.0 Å². The fourth-order valence-electron chi connectivity index (χ4n) is 1.06. The van der Waals surface area contributed by atoms with Crippen molar-refractivity contribution in [3.05, 3.63) is 30.1 Å². The van der Waals surface area contributed by atoms with Crippen LogP contribution in [0, 0.1) is 17.1 Å². The van der Waals surface area contributed by atoms with Crippen LogP contribution in [-0.4, -0.2) is 25.8 Å². The average Bonchev–Trinajstić information content (AvgIpc) is 2.27. The summed E-state index contributed by atoms with van der Waals surface area (Å²) in [6.07, 6.45) is 0. The summed E-state index contributed by atoms with van der Waals surface area (Å²) in [6.45, 7) is 1.47. The maximum atomic E-state index is 12.6. The van der Waals surface area contributed by atoms with Crippen molar-refractivity contribution >= 4 is 10.0 Å². The SMILES string of the molecule is CC(C#N)N(C)S(=O)(=O)c1ccc(F)cc1. The van der Waals surface area contributed by atoms with Crippen molar-refractivity contribution in [3.63, 3.8) is 0 Å². The molecule has 1 aromatic rings. The zero-order valence-corrected chi connectivity index (χ0v) is 9.70. The second kappa shape index (κ2) is 4.60. The molecule has 1 rings (SSSR count). The molecule has 0 N–H and O–H groups in total. The van der Waals surface area contributed by atoms with Gasteiger partial charge >= 0.3 is 0 Å². The van der Waals surface area contributed by atoms with Gasteiger partial charge in [-0.1, -0.05) is 0 Å². The van der Waals surface area contributed by atoms with Crippen molar-refractivity contribution in [1.82, 2.24) is 4.31 Å². The Hall–Kier alpha value is -1.45. The topological polar surface area (TPSA) is 61.2 Å². The number of benzene rings is 1. The van der Waals surface area contributed by atoms with Crippen LogP contribution in [0.25, 0.3) is 0 Å². The van der Waals surface area contributed by atoms with Gasteiger partial charge in [0.1, 0.15) is 11.9 Å². The standard InChI is InChI=1S/C10H11FN2O2S/c1-8(7-12)13(2)16(14,15)10-5-3-9(11)4-6-10/h3-6,8H,1-2H3. The van der Waals surface area contributed by atoms with E-state index in [1.807, 2.05) is 6.07 Å². The Kier molecular flexibility index (Phi) is 3.62. The Labute approximate surface area is 94.0 Å². The predicted molar refractivity (Wildman–Crippen MR) is 56.4 cm³/mol. The largest absolute Gasteiger partial charge is 0.244 e. The molecule has 0 bridgehead atoms. The first-order valence-corrected chi connectivity index (χ1v) is 5.97. The number of hydrogen-bond donors (Lipinski definition) is 0. The maximum Gasteiger partial charge on any atom is 0.244 e. The third-order valence-electron chi connectivity index (χ3n) is 2.22. The summed E-state index contributed by atoms with van der Waals surface area (Å²) < 4.78 is 37.4. The molecule has 1 aromatic carbocycles. The van der Waals surface area contributed by atoms with E-state index in [2.05, 4.69) is 0 Å². The van der Waals surface area contributed by atoms with Crippen molar-refractivity contribution in [2.75, 3.05) is 7.05 Å². The van der Waals surface area contributed by atoms with Gasteiger partial charge in [0.25, 0.3) is 0 Å². The Morgan fingerprint density at radius 1 is 1.38 bits per heavy atom. The molecule has 0 amide bonds. The molecule has 0 aromatic heterocycles. The first kappa shape index (κ1) is 12.6. The minimum Gasteiger partial charge on any atom is -0.207 e. The van der Waals surface area contributed by atoms with E-state index in [9.17, 15) is 12.8 Å². The monoisotopic (exact) mass is 242 g/mol. The number of hydrogen-bond acceptors (Lipinski definition) is 3. The lowest BCUT2D eigenvalue weighted by atomic mass is 10.4. The van der Waals surface area contributed by atoms with Gasteiger partial charge < -0.3 is 0 Å². The molecule has 0 fully saturated rings. The van der Waals surface area contributed by atoms with E-state index in [-0.39, 0.29) is 4.90 Å². The highest BCUT2D eigenvalue weighted by Gasteiger charge is 2.24. The summed E-state index contributed by atoms with van der Waals surface area (Å²) in [5.74, 6) is -0.505. The zero-order valence-electron chi connectivity index (χ0n) is 8.88. The molecule has 16 heavy (non-hydrogen) atoms. The van der Waals surface area contributed by atoms with Crippen LogP contribution in [0.4, 0.5) is 4.39 Å². The van der Waals surface area contributed by atoms with Gasteiger partial charge in [-0.05, 0) is 31.2 Å². The van der Waals surface area contributed by atoms with Gasteiger partial charge in [0.05, 0.1) is 11.0 Å². The third-order valence-corrected chi connectivity index (χ3v) is 4.17. The van der Waals surface area contributed by atoms with Crippen molar-refractivity contribution in [2.24, 2.45) is 0 Å². The molecule has 0 spiro atoms. The van der Waals surface area contributed by atoms with Gasteiger partial charge in [-0.25, -0.2) is 12.8 Å². The van der Waals surface area contributed by atoms with Crippen molar-refractivity contribution in [3.8, 4) is 6.07 Å². The summed E-state index contributed by atoms with van der Waals surface area (Å²) in [7, 11) is -2.41. The number of nitriles is 1. The molecule has 0 saturated carbocycles. The summed E-state index contributed by atoms with van der Waals surface area (Å²) in [4.78, 5) is -0.0292. The number of rotatable bonds is 3. The van der Waals surface area contributed by atoms with Crippen molar-refractivity contribution in [1.29, 1.82) is 5.26 Å². The number of sulfonamides is 1. The number of halogens is 1. The molecule has 86 valence electrons. The smallest absolute Gasteiger partial charge is 0.207 e. The molecule has 1 unspecified atom stereocenters. The number of nitrogens with zero attached hydrogens (tertiary/aromatic N) is 2. The first-order chi connectivity index (χ1) is 7.39.